The van der Waals surface area contributed by atoms with E-state index in [0.29, 0.717) is 60.1 Å². The number of methoxy groups -OCH3 is 1. The maximum Gasteiger partial charge on any atom is 0.259 e. The number of imide groups is 1. The number of hydrogen-bond acceptors (Lipinski definition) is 6. The molecule has 9 nitrogen and oxygen atoms in total. The van der Waals surface area contributed by atoms with Crippen molar-refractivity contribution in [3.8, 4) is 11.5 Å². The highest BCUT2D eigenvalue weighted by Crippen LogP contribution is 2.40. The molecule has 1 unspecified atom stereocenters. The number of likely N-dealkylation sites (N-methyl/N-ethyl adjacent to an activating group) is 1. The molecule has 6 aromatic rings. The van der Waals surface area contributed by atoms with Crippen molar-refractivity contribution in [3.05, 3.63) is 132 Å². The van der Waals surface area contributed by atoms with Crippen LogP contribution < -0.4 is 14.8 Å². The normalized spacial score (nSPS) is 13.9. The maximum atomic E-state index is 13.7. The lowest BCUT2D eigenvalue weighted by Gasteiger charge is -2.20. The van der Waals surface area contributed by atoms with E-state index in [0.717, 1.165) is 32.9 Å². The van der Waals surface area contributed by atoms with E-state index in [1.54, 1.807) is 13.3 Å². The van der Waals surface area contributed by atoms with Crippen molar-refractivity contribution in [1.82, 2.24) is 19.8 Å². The van der Waals surface area contributed by atoms with E-state index in [4.69, 9.17) is 14.2 Å². The molecule has 1 aliphatic heterocycles. The van der Waals surface area contributed by atoms with Crippen LogP contribution in [-0.2, 0) is 34.1 Å². The SMILES string of the molecule is COC(CN(C)C)Cn1cc(C2=C(c3c[nH]c4ccc(OCc5ccccc5)cc34)C(=O)NC2=O)c2cc(OCc3ccccc3)ccc21. The molecule has 0 fully saturated rings. The maximum absolute atomic E-state index is 13.7. The van der Waals surface area contributed by atoms with Gasteiger partial charge in [0.1, 0.15) is 24.7 Å². The van der Waals surface area contributed by atoms with Crippen LogP contribution >= 0.6 is 0 Å². The summed E-state index contributed by atoms with van der Waals surface area (Å²) in [4.78, 5) is 32.7. The van der Waals surface area contributed by atoms with E-state index in [9.17, 15) is 9.59 Å². The van der Waals surface area contributed by atoms with Gasteiger partial charge in [0.2, 0.25) is 0 Å². The fraction of sp³-hybridized carbons (Fsp3) is 0.200. The summed E-state index contributed by atoms with van der Waals surface area (Å²) in [7, 11) is 5.72. The van der Waals surface area contributed by atoms with Crippen LogP contribution in [0.25, 0.3) is 33.0 Å². The van der Waals surface area contributed by atoms with Crippen LogP contribution in [0.15, 0.2) is 109 Å². The summed E-state index contributed by atoms with van der Waals surface area (Å²) in [5, 5.41) is 4.16. The molecule has 0 spiro atoms. The van der Waals surface area contributed by atoms with Crippen molar-refractivity contribution in [2.75, 3.05) is 27.7 Å². The number of ether oxygens (including phenoxy) is 3. The molecule has 0 aliphatic carbocycles. The second kappa shape index (κ2) is 13.8. The molecule has 0 radical (unpaired) electrons. The van der Waals surface area contributed by atoms with Gasteiger partial charge < -0.3 is 28.7 Å². The number of carbonyl (C=O) groups is 2. The Bertz CT molecular complexity index is 2170. The molecule has 0 saturated carbocycles. The summed E-state index contributed by atoms with van der Waals surface area (Å²) in [6.45, 7) is 2.06. The predicted octanol–water partition coefficient (Wildman–Crippen LogP) is 6.42. The van der Waals surface area contributed by atoms with Gasteiger partial charge in [0.25, 0.3) is 11.8 Å². The van der Waals surface area contributed by atoms with E-state index < -0.39 is 11.8 Å². The van der Waals surface area contributed by atoms with Gasteiger partial charge in [-0.1, -0.05) is 60.7 Å². The van der Waals surface area contributed by atoms with Gasteiger partial charge in [-0.2, -0.15) is 0 Å². The minimum Gasteiger partial charge on any atom is -0.489 e. The van der Waals surface area contributed by atoms with Crippen LogP contribution in [0.1, 0.15) is 22.3 Å². The highest BCUT2D eigenvalue weighted by atomic mass is 16.5. The number of rotatable bonds is 13. The Morgan fingerprint density at radius 2 is 1.33 bits per heavy atom. The Labute approximate surface area is 284 Å². The van der Waals surface area contributed by atoms with Gasteiger partial charge in [0.15, 0.2) is 0 Å². The van der Waals surface area contributed by atoms with Crippen LogP contribution in [0.3, 0.4) is 0 Å². The molecule has 0 bridgehead atoms. The molecule has 7 rings (SSSR count). The molecule has 9 heteroatoms. The lowest BCUT2D eigenvalue weighted by molar-refractivity contribution is -0.122. The Morgan fingerprint density at radius 1 is 0.735 bits per heavy atom. The van der Waals surface area contributed by atoms with Crippen LogP contribution in [-0.4, -0.2) is 60.1 Å². The molecular formula is C40H38N4O5. The van der Waals surface area contributed by atoms with Crippen LogP contribution in [0.5, 0.6) is 11.5 Å². The van der Waals surface area contributed by atoms with Crippen molar-refractivity contribution < 1.29 is 23.8 Å². The molecule has 4 aromatic carbocycles. The predicted molar refractivity (Wildman–Crippen MR) is 191 cm³/mol. The van der Waals surface area contributed by atoms with Crippen LogP contribution in [0.4, 0.5) is 0 Å². The highest BCUT2D eigenvalue weighted by Gasteiger charge is 2.35. The fourth-order valence-corrected chi connectivity index (χ4v) is 6.40. The van der Waals surface area contributed by atoms with Crippen molar-refractivity contribution in [2.45, 2.75) is 25.9 Å². The van der Waals surface area contributed by atoms with Crippen LogP contribution in [0.2, 0.25) is 0 Å². The van der Waals surface area contributed by atoms with Crippen LogP contribution in [0, 0.1) is 0 Å². The molecule has 3 heterocycles. The third kappa shape index (κ3) is 6.72. The number of nitrogens with one attached hydrogen (secondary N) is 2. The van der Waals surface area contributed by atoms with E-state index in [1.807, 2.05) is 117 Å². The summed E-state index contributed by atoms with van der Waals surface area (Å²) < 4.78 is 20.3. The third-order valence-corrected chi connectivity index (χ3v) is 8.77. The molecule has 2 amide bonds. The minimum absolute atomic E-state index is 0.108. The van der Waals surface area contributed by atoms with Gasteiger partial charge in [-0.3, -0.25) is 14.9 Å². The van der Waals surface area contributed by atoms with E-state index in [-0.39, 0.29) is 6.10 Å². The second-order valence-electron chi connectivity index (χ2n) is 12.5. The second-order valence-corrected chi connectivity index (χ2v) is 12.5. The Kier molecular flexibility index (Phi) is 9.02. The summed E-state index contributed by atoms with van der Waals surface area (Å²) in [6, 6.07) is 31.5. The molecule has 2 N–H and O–H groups in total. The first-order chi connectivity index (χ1) is 23.9. The Hall–Kier alpha value is -5.64. The standard InChI is InChI=1S/C40H38N4O5/c1-43(2)21-30(47-3)22-44-23-34(32-19-29(15-17-36(32)44)49-25-27-12-8-5-9-13-27)38-37(39(45)42-40(38)46)33-20-41-35-16-14-28(18-31(33)35)48-24-26-10-6-4-7-11-26/h4-20,23,30,41H,21-22,24-25H2,1-3H3,(H,42,45,46). The molecule has 1 aliphatic rings. The van der Waals surface area contributed by atoms with Gasteiger partial charge >= 0.3 is 0 Å². The smallest absolute Gasteiger partial charge is 0.259 e. The zero-order chi connectivity index (χ0) is 33.9. The summed E-state index contributed by atoms with van der Waals surface area (Å²) in [6.07, 6.45) is 3.62. The lowest BCUT2D eigenvalue weighted by atomic mass is 9.95. The lowest BCUT2D eigenvalue weighted by Crippen LogP contribution is -2.31. The van der Waals surface area contributed by atoms with Gasteiger partial charge in [0.05, 0.1) is 23.8 Å². The third-order valence-electron chi connectivity index (χ3n) is 8.77. The summed E-state index contributed by atoms with van der Waals surface area (Å²) in [5.74, 6) is 0.423. The number of hydrogen-bond donors (Lipinski definition) is 2. The Morgan fingerprint density at radius 3 is 1.94 bits per heavy atom. The van der Waals surface area contributed by atoms with Crippen molar-refractivity contribution >= 4 is 44.8 Å². The zero-order valence-electron chi connectivity index (χ0n) is 27.7. The number of aromatic nitrogens is 2. The molecule has 1 atom stereocenters. The van der Waals surface area contributed by atoms with Gasteiger partial charge in [0, 0.05) is 59.0 Å². The number of aromatic amines is 1. The van der Waals surface area contributed by atoms with E-state index >= 15 is 0 Å². The van der Waals surface area contributed by atoms with Gasteiger partial charge in [-0.05, 0) is 61.6 Å². The molecule has 2 aromatic heterocycles. The first-order valence-corrected chi connectivity index (χ1v) is 16.2. The van der Waals surface area contributed by atoms with E-state index in [2.05, 4.69) is 19.8 Å². The quantitative estimate of drug-likeness (QED) is 0.140. The van der Waals surface area contributed by atoms with Crippen molar-refractivity contribution in [1.29, 1.82) is 0 Å². The highest BCUT2D eigenvalue weighted by molar-refractivity contribution is 6.50. The molecular weight excluding hydrogens is 616 g/mol. The summed E-state index contributed by atoms with van der Waals surface area (Å²) >= 11 is 0. The number of carbonyl (C=O) groups excluding carboxylic acids is 2. The average molecular weight is 655 g/mol. The first kappa shape index (κ1) is 31.9. The topological polar surface area (TPSA) is 97.8 Å². The minimum atomic E-state index is -0.448. The number of benzene rings is 4. The first-order valence-electron chi connectivity index (χ1n) is 16.2. The number of fused-ring (bicyclic) bond motifs is 2. The van der Waals surface area contributed by atoms with Crippen molar-refractivity contribution in [3.63, 3.8) is 0 Å². The average Bonchev–Trinajstić information content (AvgIpc) is 3.78. The molecule has 0 saturated heterocycles. The van der Waals surface area contributed by atoms with Gasteiger partial charge in [-0.15, -0.1) is 0 Å². The fourth-order valence-electron chi connectivity index (χ4n) is 6.40. The zero-order valence-corrected chi connectivity index (χ0v) is 27.7. The number of nitrogens with zero attached hydrogens (tertiary/aromatic N) is 2. The van der Waals surface area contributed by atoms with Gasteiger partial charge in [-0.25, -0.2) is 0 Å². The molecule has 49 heavy (non-hydrogen) atoms. The largest absolute Gasteiger partial charge is 0.489 e. The summed E-state index contributed by atoms with van der Waals surface area (Å²) in [5.41, 5.74) is 5.71. The number of amides is 2. The van der Waals surface area contributed by atoms with Crippen molar-refractivity contribution in [2.24, 2.45) is 0 Å². The Balaban J connectivity index is 1.32. The van der Waals surface area contributed by atoms with E-state index in [1.165, 1.54) is 0 Å². The monoisotopic (exact) mass is 654 g/mol. The molecule has 248 valence electrons. The number of H-pyrrole nitrogens is 1.